The monoisotopic (exact) mass is 666 g/mol. The van der Waals surface area contributed by atoms with Crippen LogP contribution < -0.4 is 0 Å². The fourth-order valence-electron chi connectivity index (χ4n) is 8.23. The van der Waals surface area contributed by atoms with Crippen molar-refractivity contribution in [3.8, 4) is 33.6 Å². The lowest BCUT2D eigenvalue weighted by atomic mass is 9.99. The van der Waals surface area contributed by atoms with Crippen LogP contribution in [0.3, 0.4) is 0 Å². The summed E-state index contributed by atoms with van der Waals surface area (Å²) in [6, 6.07) is 66.7. The van der Waals surface area contributed by atoms with Crippen LogP contribution in [0.25, 0.3) is 97.4 Å². The lowest BCUT2D eigenvalue weighted by molar-refractivity contribution is 1.18. The van der Waals surface area contributed by atoms with Crippen molar-refractivity contribution in [1.29, 1.82) is 0 Å². The van der Waals surface area contributed by atoms with Crippen molar-refractivity contribution in [2.75, 3.05) is 0 Å². The molecule has 0 radical (unpaired) electrons. The minimum absolute atomic E-state index is 1.17. The smallest absolute Gasteiger partial charge is 0.0619 e. The van der Waals surface area contributed by atoms with Gasteiger partial charge in [0.15, 0.2) is 0 Å². The molecule has 11 rings (SSSR count). The molecule has 0 saturated carbocycles. The van der Waals surface area contributed by atoms with Gasteiger partial charge in [-0.25, -0.2) is 0 Å². The van der Waals surface area contributed by atoms with E-state index in [2.05, 4.69) is 191 Å². The molecule has 0 saturated heterocycles. The molecule has 51 heavy (non-hydrogen) atoms. The van der Waals surface area contributed by atoms with E-state index in [1.165, 1.54) is 97.4 Å². The van der Waals surface area contributed by atoms with Crippen LogP contribution in [-0.4, -0.2) is 9.13 Å². The number of fused-ring (bicyclic) bond motifs is 9. The molecule has 0 atom stereocenters. The van der Waals surface area contributed by atoms with E-state index >= 15 is 0 Å². The van der Waals surface area contributed by atoms with Gasteiger partial charge in [0, 0.05) is 58.7 Å². The van der Waals surface area contributed by atoms with Crippen LogP contribution in [-0.2, 0) is 0 Å². The second kappa shape index (κ2) is 11.0. The number of aromatic nitrogens is 2. The number of rotatable bonds is 4. The van der Waals surface area contributed by atoms with Crippen LogP contribution in [0.15, 0.2) is 182 Å². The summed E-state index contributed by atoms with van der Waals surface area (Å²) in [6.45, 7) is 0. The summed E-state index contributed by atoms with van der Waals surface area (Å²) in [5, 5.41) is 7.65. The summed E-state index contributed by atoms with van der Waals surface area (Å²) in [4.78, 5) is 0. The number of para-hydroxylation sites is 3. The number of nitrogens with zero attached hydrogens (tertiary/aromatic N) is 2. The third-order valence-corrected chi connectivity index (χ3v) is 11.7. The van der Waals surface area contributed by atoms with Crippen molar-refractivity contribution in [3.05, 3.63) is 182 Å². The lowest BCUT2D eigenvalue weighted by Gasteiger charge is -2.12. The Morgan fingerprint density at radius 2 is 0.922 bits per heavy atom. The molecule has 0 unspecified atom stereocenters. The minimum Gasteiger partial charge on any atom is -0.309 e. The first kappa shape index (κ1) is 28.4. The molecule has 0 aliphatic heterocycles. The highest BCUT2D eigenvalue weighted by molar-refractivity contribution is 7.25. The van der Waals surface area contributed by atoms with Gasteiger partial charge < -0.3 is 9.13 Å². The van der Waals surface area contributed by atoms with Gasteiger partial charge in [0.25, 0.3) is 0 Å². The first-order valence-corrected chi connectivity index (χ1v) is 18.3. The highest BCUT2D eigenvalue weighted by Crippen LogP contribution is 2.42. The fraction of sp³-hybridized carbons (Fsp3) is 0. The molecule has 8 aromatic carbocycles. The van der Waals surface area contributed by atoms with Crippen LogP contribution in [0.2, 0.25) is 0 Å². The highest BCUT2D eigenvalue weighted by atomic mass is 32.1. The predicted molar refractivity (Wildman–Crippen MR) is 219 cm³/mol. The normalized spacial score (nSPS) is 11.9. The molecule has 0 N–H and O–H groups in total. The summed E-state index contributed by atoms with van der Waals surface area (Å²) < 4.78 is 7.50. The maximum atomic E-state index is 2.49. The van der Waals surface area contributed by atoms with E-state index in [-0.39, 0.29) is 0 Å². The quantitative estimate of drug-likeness (QED) is 0.177. The summed E-state index contributed by atoms with van der Waals surface area (Å²) >= 11 is 1.87. The SMILES string of the molecule is c1ccc(-c2cccc3c4cc(-c5ccc6c(c5)c5ccccc5n6-c5ccccc5)ccc4n(-c4ccc5sc6ccccc6c5c4)c23)cc1. The molecule has 3 aromatic heterocycles. The predicted octanol–water partition coefficient (Wildman–Crippen LogP) is 13.6. The number of hydrogen-bond acceptors (Lipinski definition) is 1. The highest BCUT2D eigenvalue weighted by Gasteiger charge is 2.19. The Balaban J connectivity index is 1.16. The summed E-state index contributed by atoms with van der Waals surface area (Å²) in [7, 11) is 0. The number of hydrogen-bond donors (Lipinski definition) is 0. The Kier molecular flexibility index (Phi) is 6.16. The molecule has 0 amide bonds. The first-order chi connectivity index (χ1) is 25.3. The van der Waals surface area contributed by atoms with Gasteiger partial charge in [-0.15, -0.1) is 11.3 Å². The van der Waals surface area contributed by atoms with Gasteiger partial charge in [0.2, 0.25) is 0 Å². The molecular formula is C48H30N2S. The van der Waals surface area contributed by atoms with Crippen molar-refractivity contribution < 1.29 is 0 Å². The maximum absolute atomic E-state index is 2.49. The van der Waals surface area contributed by atoms with Gasteiger partial charge in [-0.2, -0.15) is 0 Å². The zero-order chi connectivity index (χ0) is 33.5. The molecule has 0 aliphatic carbocycles. The van der Waals surface area contributed by atoms with Crippen LogP contribution in [0.4, 0.5) is 0 Å². The molecular weight excluding hydrogens is 637 g/mol. The Labute approximate surface area is 298 Å². The molecule has 0 fully saturated rings. The van der Waals surface area contributed by atoms with Gasteiger partial charge in [0.05, 0.1) is 22.1 Å². The zero-order valence-corrected chi connectivity index (χ0v) is 28.4. The van der Waals surface area contributed by atoms with Crippen LogP contribution >= 0.6 is 11.3 Å². The second-order valence-electron chi connectivity index (χ2n) is 13.3. The Morgan fingerprint density at radius 1 is 0.314 bits per heavy atom. The van der Waals surface area contributed by atoms with Crippen LogP contribution in [0.1, 0.15) is 0 Å². The Morgan fingerprint density at radius 3 is 1.73 bits per heavy atom. The first-order valence-electron chi connectivity index (χ1n) is 17.4. The van der Waals surface area contributed by atoms with E-state index in [0.29, 0.717) is 0 Å². The Hall–Kier alpha value is -6.42. The fourth-order valence-corrected chi connectivity index (χ4v) is 9.31. The van der Waals surface area contributed by atoms with Crippen molar-refractivity contribution in [2.45, 2.75) is 0 Å². The lowest BCUT2D eigenvalue weighted by Crippen LogP contribution is -1.95. The van der Waals surface area contributed by atoms with Gasteiger partial charge in [0.1, 0.15) is 0 Å². The zero-order valence-electron chi connectivity index (χ0n) is 27.6. The molecule has 238 valence electrons. The van der Waals surface area contributed by atoms with Crippen LogP contribution in [0, 0.1) is 0 Å². The average Bonchev–Trinajstić information content (AvgIpc) is 3.85. The van der Waals surface area contributed by atoms with Crippen molar-refractivity contribution >= 4 is 75.1 Å². The molecule has 0 bridgehead atoms. The average molecular weight is 667 g/mol. The van der Waals surface area contributed by atoms with E-state index < -0.39 is 0 Å². The van der Waals surface area contributed by atoms with Gasteiger partial charge in [-0.1, -0.05) is 115 Å². The van der Waals surface area contributed by atoms with E-state index in [9.17, 15) is 0 Å². The van der Waals surface area contributed by atoms with Gasteiger partial charge >= 0.3 is 0 Å². The van der Waals surface area contributed by atoms with Crippen molar-refractivity contribution in [3.63, 3.8) is 0 Å². The molecule has 2 nitrogen and oxygen atoms in total. The van der Waals surface area contributed by atoms with Crippen molar-refractivity contribution in [2.24, 2.45) is 0 Å². The molecule has 0 aliphatic rings. The van der Waals surface area contributed by atoms with Gasteiger partial charge in [-0.3, -0.25) is 0 Å². The third-order valence-electron chi connectivity index (χ3n) is 10.5. The largest absolute Gasteiger partial charge is 0.309 e. The minimum atomic E-state index is 1.17. The molecule has 3 heteroatoms. The summed E-state index contributed by atoms with van der Waals surface area (Å²) in [5.74, 6) is 0. The topological polar surface area (TPSA) is 9.86 Å². The Bertz CT molecular complexity index is 3130. The maximum Gasteiger partial charge on any atom is 0.0619 e. The van der Waals surface area contributed by atoms with E-state index in [0.717, 1.165) is 0 Å². The van der Waals surface area contributed by atoms with Gasteiger partial charge in [-0.05, 0) is 83.4 Å². The summed E-state index contributed by atoms with van der Waals surface area (Å²) in [5.41, 5.74) is 12.1. The summed E-state index contributed by atoms with van der Waals surface area (Å²) in [6.07, 6.45) is 0. The van der Waals surface area contributed by atoms with Crippen LogP contribution in [0.5, 0.6) is 0 Å². The standard InChI is InChI=1S/C48H30N2S/c1-3-12-31(13-4-1)36-18-11-19-39-41-29-33(32-22-25-44-40(28-32)37-16-7-9-20-43(37)49(44)34-14-5-2-6-15-34)23-26-45(41)50(48(36)39)35-24-27-47-42(30-35)38-17-8-10-21-46(38)51-47/h1-30H. The molecule has 0 spiro atoms. The van der Waals surface area contributed by atoms with E-state index in [1.807, 2.05) is 11.3 Å². The molecule has 3 heterocycles. The molecule has 11 aromatic rings. The van der Waals surface area contributed by atoms with E-state index in [1.54, 1.807) is 0 Å². The van der Waals surface area contributed by atoms with E-state index in [4.69, 9.17) is 0 Å². The second-order valence-corrected chi connectivity index (χ2v) is 14.4. The number of benzene rings is 8. The van der Waals surface area contributed by atoms with Crippen molar-refractivity contribution in [1.82, 2.24) is 9.13 Å². The number of thiophene rings is 1. The third kappa shape index (κ3) is 4.29.